The van der Waals surface area contributed by atoms with Gasteiger partial charge in [-0.25, -0.2) is 0 Å². The molecule has 1 fully saturated rings. The van der Waals surface area contributed by atoms with E-state index in [-0.39, 0.29) is 11.7 Å². The Kier molecular flexibility index (Phi) is 2.67. The molecule has 1 aliphatic carbocycles. The lowest BCUT2D eigenvalue weighted by molar-refractivity contribution is -0.118. The molecule has 0 N–H and O–H groups in total. The standard InChI is InChI=1S/C11H10BrClO/c1-6(14)9-5-10(9)8-3-2-7(12)4-11(8)13/h2-4,9-10H,5H2,1H3. The Morgan fingerprint density at radius 1 is 1.57 bits per heavy atom. The fourth-order valence-electron chi connectivity index (χ4n) is 1.79. The number of hydrogen-bond acceptors (Lipinski definition) is 1. The van der Waals surface area contributed by atoms with Crippen LogP contribution in [0.5, 0.6) is 0 Å². The molecule has 1 aromatic carbocycles. The zero-order chi connectivity index (χ0) is 10.3. The van der Waals surface area contributed by atoms with E-state index in [1.807, 2.05) is 18.2 Å². The quantitative estimate of drug-likeness (QED) is 0.801. The van der Waals surface area contributed by atoms with Crippen molar-refractivity contribution >= 4 is 33.3 Å². The topological polar surface area (TPSA) is 17.1 Å². The Morgan fingerprint density at radius 2 is 2.29 bits per heavy atom. The van der Waals surface area contributed by atoms with Crippen LogP contribution >= 0.6 is 27.5 Å². The van der Waals surface area contributed by atoms with Gasteiger partial charge in [-0.05, 0) is 37.0 Å². The molecular formula is C11H10BrClO. The van der Waals surface area contributed by atoms with E-state index in [0.717, 1.165) is 21.5 Å². The van der Waals surface area contributed by atoms with Crippen LogP contribution in [0.15, 0.2) is 22.7 Å². The zero-order valence-electron chi connectivity index (χ0n) is 7.76. The van der Waals surface area contributed by atoms with Gasteiger partial charge in [0, 0.05) is 15.4 Å². The van der Waals surface area contributed by atoms with Crippen molar-refractivity contribution in [2.24, 2.45) is 5.92 Å². The number of benzene rings is 1. The highest BCUT2D eigenvalue weighted by Gasteiger charge is 2.42. The number of halogens is 2. The smallest absolute Gasteiger partial charge is 0.133 e. The van der Waals surface area contributed by atoms with Crippen LogP contribution in [0.3, 0.4) is 0 Å². The summed E-state index contributed by atoms with van der Waals surface area (Å²) in [7, 11) is 0. The SMILES string of the molecule is CC(=O)C1CC1c1ccc(Br)cc1Cl. The molecule has 0 heterocycles. The zero-order valence-corrected chi connectivity index (χ0v) is 10.1. The third-order valence-electron chi connectivity index (χ3n) is 2.67. The van der Waals surface area contributed by atoms with Gasteiger partial charge in [-0.2, -0.15) is 0 Å². The summed E-state index contributed by atoms with van der Waals surface area (Å²) in [4.78, 5) is 11.1. The first-order valence-electron chi connectivity index (χ1n) is 4.55. The van der Waals surface area contributed by atoms with Crippen molar-refractivity contribution in [2.45, 2.75) is 19.3 Å². The van der Waals surface area contributed by atoms with E-state index in [9.17, 15) is 4.79 Å². The fraction of sp³-hybridized carbons (Fsp3) is 0.364. The Hall–Kier alpha value is -0.340. The van der Waals surface area contributed by atoms with E-state index < -0.39 is 0 Å². The maximum atomic E-state index is 11.1. The van der Waals surface area contributed by atoms with E-state index in [4.69, 9.17) is 11.6 Å². The first kappa shape index (κ1) is 10.2. The summed E-state index contributed by atoms with van der Waals surface area (Å²) in [5, 5.41) is 0.758. The van der Waals surface area contributed by atoms with Crippen LogP contribution in [0, 0.1) is 5.92 Å². The molecule has 2 atom stereocenters. The number of hydrogen-bond donors (Lipinski definition) is 0. The van der Waals surface area contributed by atoms with Gasteiger partial charge in [0.25, 0.3) is 0 Å². The highest BCUT2D eigenvalue weighted by molar-refractivity contribution is 9.10. The van der Waals surface area contributed by atoms with Crippen LogP contribution in [0.2, 0.25) is 5.02 Å². The lowest BCUT2D eigenvalue weighted by Crippen LogP contribution is -1.95. The molecule has 0 aromatic heterocycles. The molecule has 0 aliphatic heterocycles. The van der Waals surface area contributed by atoms with Crippen molar-refractivity contribution < 1.29 is 4.79 Å². The second-order valence-electron chi connectivity index (χ2n) is 3.73. The van der Waals surface area contributed by atoms with Gasteiger partial charge in [-0.15, -0.1) is 0 Å². The molecule has 14 heavy (non-hydrogen) atoms. The summed E-state index contributed by atoms with van der Waals surface area (Å²) < 4.78 is 0.978. The van der Waals surface area contributed by atoms with Crippen LogP contribution < -0.4 is 0 Å². The summed E-state index contributed by atoms with van der Waals surface area (Å²) in [5.41, 5.74) is 1.11. The van der Waals surface area contributed by atoms with Crippen molar-refractivity contribution in [2.75, 3.05) is 0 Å². The summed E-state index contributed by atoms with van der Waals surface area (Å²) in [5.74, 6) is 0.829. The highest BCUT2D eigenvalue weighted by Crippen LogP contribution is 2.50. The number of rotatable bonds is 2. The van der Waals surface area contributed by atoms with Gasteiger partial charge in [0.2, 0.25) is 0 Å². The van der Waals surface area contributed by atoms with Crippen molar-refractivity contribution in [1.82, 2.24) is 0 Å². The first-order valence-corrected chi connectivity index (χ1v) is 5.72. The second-order valence-corrected chi connectivity index (χ2v) is 5.05. The summed E-state index contributed by atoms with van der Waals surface area (Å²) in [6, 6.07) is 5.85. The molecule has 1 saturated carbocycles. The van der Waals surface area contributed by atoms with Crippen molar-refractivity contribution in [3.63, 3.8) is 0 Å². The first-order chi connectivity index (χ1) is 6.59. The number of carbonyl (C=O) groups is 1. The second kappa shape index (κ2) is 3.67. The molecule has 0 amide bonds. The van der Waals surface area contributed by atoms with Gasteiger partial charge >= 0.3 is 0 Å². The minimum absolute atomic E-state index is 0.202. The van der Waals surface area contributed by atoms with Gasteiger partial charge in [-0.1, -0.05) is 33.6 Å². The summed E-state index contributed by atoms with van der Waals surface area (Å²) in [6.45, 7) is 1.65. The predicted molar refractivity (Wildman–Crippen MR) is 60.7 cm³/mol. The molecule has 2 unspecified atom stereocenters. The van der Waals surface area contributed by atoms with E-state index in [0.29, 0.717) is 5.92 Å². The number of Topliss-reactive ketones (excluding diaryl/α,β-unsaturated/α-hetero) is 1. The minimum Gasteiger partial charge on any atom is -0.300 e. The largest absolute Gasteiger partial charge is 0.300 e. The van der Waals surface area contributed by atoms with Crippen molar-refractivity contribution in [3.05, 3.63) is 33.3 Å². The molecule has 1 nitrogen and oxygen atoms in total. The number of ketones is 1. The molecule has 0 radical (unpaired) electrons. The van der Waals surface area contributed by atoms with Crippen LogP contribution in [0.25, 0.3) is 0 Å². The molecule has 1 aromatic rings. The van der Waals surface area contributed by atoms with Crippen LogP contribution in [0.1, 0.15) is 24.8 Å². The van der Waals surface area contributed by atoms with Gasteiger partial charge in [-0.3, -0.25) is 4.79 Å². The highest BCUT2D eigenvalue weighted by atomic mass is 79.9. The molecule has 0 saturated heterocycles. The average Bonchev–Trinajstić information content (AvgIpc) is 2.83. The van der Waals surface area contributed by atoms with E-state index in [1.165, 1.54) is 0 Å². The van der Waals surface area contributed by atoms with Crippen LogP contribution in [-0.4, -0.2) is 5.78 Å². The van der Waals surface area contributed by atoms with Gasteiger partial charge in [0.1, 0.15) is 5.78 Å². The third-order valence-corrected chi connectivity index (χ3v) is 3.50. The maximum Gasteiger partial charge on any atom is 0.133 e. The maximum absolute atomic E-state index is 11.1. The van der Waals surface area contributed by atoms with E-state index >= 15 is 0 Å². The van der Waals surface area contributed by atoms with Gasteiger partial charge < -0.3 is 0 Å². The van der Waals surface area contributed by atoms with E-state index in [2.05, 4.69) is 15.9 Å². The Balaban J connectivity index is 2.23. The van der Waals surface area contributed by atoms with Crippen molar-refractivity contribution in [1.29, 1.82) is 0 Å². The normalized spacial score (nSPS) is 24.8. The van der Waals surface area contributed by atoms with Crippen LogP contribution in [-0.2, 0) is 4.79 Å². The lowest BCUT2D eigenvalue weighted by Gasteiger charge is -2.02. The predicted octanol–water partition coefficient (Wildman–Crippen LogP) is 3.80. The molecule has 2 rings (SSSR count). The van der Waals surface area contributed by atoms with E-state index in [1.54, 1.807) is 6.92 Å². The summed E-state index contributed by atoms with van der Waals surface area (Å²) in [6.07, 6.45) is 0.955. The average molecular weight is 274 g/mol. The Bertz CT molecular complexity index is 389. The fourth-order valence-corrected chi connectivity index (χ4v) is 2.60. The van der Waals surface area contributed by atoms with Crippen LogP contribution in [0.4, 0.5) is 0 Å². The molecule has 3 heteroatoms. The third kappa shape index (κ3) is 1.86. The molecular weight excluding hydrogens is 263 g/mol. The number of carbonyl (C=O) groups excluding carboxylic acids is 1. The Morgan fingerprint density at radius 3 is 2.79 bits per heavy atom. The van der Waals surface area contributed by atoms with Crippen molar-refractivity contribution in [3.8, 4) is 0 Å². The monoisotopic (exact) mass is 272 g/mol. The summed E-state index contributed by atoms with van der Waals surface area (Å²) >= 11 is 9.45. The van der Waals surface area contributed by atoms with Gasteiger partial charge in [0.15, 0.2) is 0 Å². The lowest BCUT2D eigenvalue weighted by atomic mass is 10.1. The molecule has 0 bridgehead atoms. The minimum atomic E-state index is 0.202. The Labute approximate surface area is 96.6 Å². The van der Waals surface area contributed by atoms with Gasteiger partial charge in [0.05, 0.1) is 0 Å². The molecule has 74 valence electrons. The molecule has 0 spiro atoms. The molecule has 1 aliphatic rings.